The van der Waals surface area contributed by atoms with Gasteiger partial charge in [-0.1, -0.05) is 129 Å². The number of hydrogen-bond acceptors (Lipinski definition) is 5. The van der Waals surface area contributed by atoms with E-state index in [1.807, 2.05) is 24.3 Å². The second-order valence-electron chi connectivity index (χ2n) is 13.4. The number of unbranched alkanes of at least 4 members (excludes halogenated alkanes) is 2. The van der Waals surface area contributed by atoms with Crippen molar-refractivity contribution < 1.29 is 9.21 Å². The van der Waals surface area contributed by atoms with Crippen LogP contribution in [0.1, 0.15) is 70.3 Å². The summed E-state index contributed by atoms with van der Waals surface area (Å²) in [5, 5.41) is 0. The van der Waals surface area contributed by atoms with Crippen molar-refractivity contribution in [2.75, 3.05) is 31.1 Å². The van der Waals surface area contributed by atoms with Crippen molar-refractivity contribution in [3.63, 3.8) is 0 Å². The van der Waals surface area contributed by atoms with E-state index in [0.29, 0.717) is 17.5 Å². The third-order valence-corrected chi connectivity index (χ3v) is 9.37. The Labute approximate surface area is 310 Å². The van der Waals surface area contributed by atoms with E-state index in [1.165, 1.54) is 27.7 Å². The third kappa shape index (κ3) is 12.1. The molecular weight excluding hydrogens is 643 g/mol. The maximum Gasteiger partial charge on any atom is 0.420 e. The number of carbonyl (C=O) groups is 1. The van der Waals surface area contributed by atoms with Gasteiger partial charge in [0.15, 0.2) is 11.4 Å². The maximum atomic E-state index is 12.9. The molecule has 0 amide bonds. The summed E-state index contributed by atoms with van der Waals surface area (Å²) in [6.07, 6.45) is 30.2. The largest absolute Gasteiger partial charge is 0.420 e. The molecule has 6 heteroatoms. The average Bonchev–Trinajstić information content (AvgIpc) is 3.49. The number of para-hydroxylation sites is 1. The van der Waals surface area contributed by atoms with E-state index in [-0.39, 0.29) is 12.3 Å². The molecule has 1 saturated heterocycles. The van der Waals surface area contributed by atoms with Crippen LogP contribution in [0.5, 0.6) is 0 Å². The summed E-state index contributed by atoms with van der Waals surface area (Å²) in [4.78, 5) is 30.6. The fourth-order valence-corrected chi connectivity index (χ4v) is 6.51. The van der Waals surface area contributed by atoms with Gasteiger partial charge >= 0.3 is 5.76 Å². The first-order chi connectivity index (χ1) is 25.6. The molecule has 0 bridgehead atoms. The lowest BCUT2D eigenvalue weighted by molar-refractivity contribution is -0.119. The summed E-state index contributed by atoms with van der Waals surface area (Å²) in [5.74, 6) is -0.427. The summed E-state index contributed by atoms with van der Waals surface area (Å²) < 4.78 is 7.27. The van der Waals surface area contributed by atoms with E-state index in [9.17, 15) is 9.59 Å². The molecule has 0 saturated carbocycles. The van der Waals surface area contributed by atoms with Crippen LogP contribution >= 0.6 is 0 Å². The van der Waals surface area contributed by atoms with E-state index in [2.05, 4.69) is 126 Å². The van der Waals surface area contributed by atoms with Crippen molar-refractivity contribution in [1.29, 1.82) is 0 Å². The van der Waals surface area contributed by atoms with Gasteiger partial charge in [-0.3, -0.25) is 14.3 Å². The Morgan fingerprint density at radius 2 is 1.31 bits per heavy atom. The summed E-state index contributed by atoms with van der Waals surface area (Å²) >= 11 is 0. The fourth-order valence-electron chi connectivity index (χ4n) is 6.51. The second kappa shape index (κ2) is 21.4. The van der Waals surface area contributed by atoms with Gasteiger partial charge in [-0.05, 0) is 79.8 Å². The van der Waals surface area contributed by atoms with Crippen LogP contribution in [0.15, 0.2) is 143 Å². The number of fused-ring (bicyclic) bond motifs is 1. The molecule has 2 heterocycles. The zero-order chi connectivity index (χ0) is 36.2. The Morgan fingerprint density at radius 3 is 1.98 bits per heavy atom. The molecule has 0 radical (unpaired) electrons. The topological polar surface area (TPSA) is 58.7 Å². The quantitative estimate of drug-likeness (QED) is 0.0680. The predicted molar refractivity (Wildman–Crippen MR) is 218 cm³/mol. The zero-order valence-electron chi connectivity index (χ0n) is 30.9. The fraction of sp³-hybridized carbons (Fsp3) is 0.348. The lowest BCUT2D eigenvalue weighted by Crippen LogP contribution is -2.46. The molecule has 0 atom stereocenters. The molecule has 5 rings (SSSR count). The van der Waals surface area contributed by atoms with Crippen LogP contribution in [0, 0.1) is 0 Å². The molecule has 1 aromatic heterocycles. The van der Waals surface area contributed by atoms with Gasteiger partial charge in [0, 0.05) is 39.1 Å². The Hall–Kier alpha value is -4.94. The van der Waals surface area contributed by atoms with E-state index < -0.39 is 5.76 Å². The van der Waals surface area contributed by atoms with Gasteiger partial charge in [0.1, 0.15) is 0 Å². The number of Topliss-reactive ketones (excluding diaryl/α,β-unsaturated/α-hetero) is 1. The Bertz CT molecular complexity index is 1880. The van der Waals surface area contributed by atoms with E-state index >= 15 is 0 Å². The number of carbonyl (C=O) groups excluding carboxylic acids is 1. The van der Waals surface area contributed by atoms with Gasteiger partial charge in [0.25, 0.3) is 0 Å². The number of allylic oxidation sites excluding steroid dienone is 10. The monoisotopic (exact) mass is 697 g/mol. The number of nitrogens with zero attached hydrogens (tertiary/aromatic N) is 3. The minimum absolute atomic E-state index is 0.0386. The van der Waals surface area contributed by atoms with Crippen LogP contribution in [0.2, 0.25) is 0 Å². The van der Waals surface area contributed by atoms with Crippen molar-refractivity contribution in [3.05, 3.63) is 150 Å². The van der Waals surface area contributed by atoms with Gasteiger partial charge in [-0.2, -0.15) is 0 Å². The number of ketones is 1. The standard InChI is InChI=1S/C46H55N3O3/c1-2-3-4-5-6-7-8-9-10-11-12-13-14-15-16-17-18-22-29-42(50)38-49-44-31-24-30-43(45(44)52-46(49)51)48-34-32-47(33-35-48)37-39-25-23-28-41(36-39)40-26-20-19-21-27-40/h4-5,7-8,10-11,13-14,16-17,19-21,23-28,30-31,36H,2-3,6,9,12,15,18,22,29,32-35,37-38H2,1H3. The molecule has 0 unspecified atom stereocenters. The highest BCUT2D eigenvalue weighted by Gasteiger charge is 2.22. The van der Waals surface area contributed by atoms with Gasteiger partial charge in [-0.25, -0.2) is 4.79 Å². The second-order valence-corrected chi connectivity index (χ2v) is 13.4. The van der Waals surface area contributed by atoms with Crippen LogP contribution in [0.3, 0.4) is 0 Å². The zero-order valence-corrected chi connectivity index (χ0v) is 30.9. The normalized spacial score (nSPS) is 14.4. The number of oxazole rings is 1. The number of rotatable bonds is 20. The summed E-state index contributed by atoms with van der Waals surface area (Å²) in [5.41, 5.74) is 5.94. The lowest BCUT2D eigenvalue weighted by atomic mass is 10.0. The van der Waals surface area contributed by atoms with Crippen LogP contribution in [-0.2, 0) is 17.9 Å². The number of hydrogen-bond donors (Lipinski definition) is 0. The van der Waals surface area contributed by atoms with Crippen LogP contribution in [0.25, 0.3) is 22.2 Å². The SMILES string of the molecule is CCCC=CCC=CCC=CCC=CCC=CCCCC(=O)Cn1c(=O)oc2c(N3CCN(Cc4cccc(-c5ccccc5)c4)CC3)cccc21. The number of benzene rings is 3. The van der Waals surface area contributed by atoms with Crippen LogP contribution in [-0.4, -0.2) is 41.4 Å². The average molecular weight is 698 g/mol. The first kappa shape index (κ1) is 38.3. The van der Waals surface area contributed by atoms with Crippen molar-refractivity contribution in [2.45, 2.75) is 77.8 Å². The maximum absolute atomic E-state index is 12.9. The molecular formula is C46H55N3O3. The minimum atomic E-state index is -0.471. The van der Waals surface area contributed by atoms with E-state index in [4.69, 9.17) is 4.42 Å². The highest BCUT2D eigenvalue weighted by Crippen LogP contribution is 2.28. The molecule has 272 valence electrons. The Balaban J connectivity index is 1.01. The van der Waals surface area contributed by atoms with Crippen molar-refractivity contribution in [2.24, 2.45) is 0 Å². The van der Waals surface area contributed by atoms with Gasteiger partial charge in [0.2, 0.25) is 0 Å². The summed E-state index contributed by atoms with van der Waals surface area (Å²) in [6, 6.07) is 25.1. The molecule has 0 spiro atoms. The highest BCUT2D eigenvalue weighted by atomic mass is 16.4. The predicted octanol–water partition coefficient (Wildman–Crippen LogP) is 10.5. The Kier molecular flexibility index (Phi) is 15.8. The first-order valence-corrected chi connectivity index (χ1v) is 19.1. The van der Waals surface area contributed by atoms with E-state index in [0.717, 1.165) is 83.4 Å². The van der Waals surface area contributed by atoms with Gasteiger partial charge in [0.05, 0.1) is 17.7 Å². The van der Waals surface area contributed by atoms with Crippen molar-refractivity contribution in [1.82, 2.24) is 9.47 Å². The molecule has 1 fully saturated rings. The number of piperazine rings is 1. The molecule has 0 aliphatic carbocycles. The van der Waals surface area contributed by atoms with Crippen LogP contribution in [0.4, 0.5) is 5.69 Å². The molecule has 52 heavy (non-hydrogen) atoms. The van der Waals surface area contributed by atoms with Gasteiger partial charge < -0.3 is 9.32 Å². The molecule has 6 nitrogen and oxygen atoms in total. The van der Waals surface area contributed by atoms with Crippen LogP contribution < -0.4 is 10.7 Å². The Morgan fingerprint density at radius 1 is 0.692 bits per heavy atom. The van der Waals surface area contributed by atoms with Crippen molar-refractivity contribution >= 4 is 22.6 Å². The van der Waals surface area contributed by atoms with Gasteiger partial charge in [-0.15, -0.1) is 0 Å². The number of anilines is 1. The van der Waals surface area contributed by atoms with E-state index in [1.54, 1.807) is 0 Å². The summed E-state index contributed by atoms with van der Waals surface area (Å²) in [7, 11) is 0. The molecule has 4 aromatic rings. The summed E-state index contributed by atoms with van der Waals surface area (Å²) in [6.45, 7) is 6.62. The lowest BCUT2D eigenvalue weighted by Gasteiger charge is -2.36. The first-order valence-electron chi connectivity index (χ1n) is 19.1. The molecule has 1 aliphatic heterocycles. The molecule has 0 N–H and O–H groups in total. The third-order valence-electron chi connectivity index (χ3n) is 9.37. The van der Waals surface area contributed by atoms with Crippen molar-refractivity contribution in [3.8, 4) is 11.1 Å². The molecule has 1 aliphatic rings. The highest BCUT2D eigenvalue weighted by molar-refractivity contribution is 5.88. The number of aromatic nitrogens is 1. The smallest absolute Gasteiger partial charge is 0.405 e. The molecule has 3 aromatic carbocycles. The minimum Gasteiger partial charge on any atom is -0.405 e.